The van der Waals surface area contributed by atoms with Crippen LogP contribution in [0.5, 0.6) is 0 Å². The SMILES string of the molecule is C[C@@H](NC(=O)NC(=O)c1ccccc1)c1ccccc1. The second-order valence-corrected chi connectivity index (χ2v) is 4.43. The molecule has 2 aromatic rings. The summed E-state index contributed by atoms with van der Waals surface area (Å²) in [6.45, 7) is 1.86. The first kappa shape index (κ1) is 13.8. The molecule has 0 aromatic heterocycles. The minimum absolute atomic E-state index is 0.167. The van der Waals surface area contributed by atoms with Crippen LogP contribution in [0.15, 0.2) is 60.7 Å². The van der Waals surface area contributed by atoms with Crippen molar-refractivity contribution < 1.29 is 9.59 Å². The lowest BCUT2D eigenvalue weighted by Crippen LogP contribution is -2.40. The van der Waals surface area contributed by atoms with Crippen molar-refractivity contribution in [1.29, 1.82) is 0 Å². The van der Waals surface area contributed by atoms with Gasteiger partial charge in [-0.05, 0) is 24.6 Å². The average Bonchev–Trinajstić information content (AvgIpc) is 2.49. The van der Waals surface area contributed by atoms with Crippen molar-refractivity contribution in [3.8, 4) is 0 Å². The zero-order chi connectivity index (χ0) is 14.4. The first-order valence-electron chi connectivity index (χ1n) is 6.38. The van der Waals surface area contributed by atoms with E-state index in [2.05, 4.69) is 10.6 Å². The molecule has 4 nitrogen and oxygen atoms in total. The number of benzene rings is 2. The fraction of sp³-hybridized carbons (Fsp3) is 0.125. The van der Waals surface area contributed by atoms with Gasteiger partial charge in [0, 0.05) is 5.56 Å². The molecule has 4 heteroatoms. The van der Waals surface area contributed by atoms with Gasteiger partial charge in [0.25, 0.3) is 5.91 Å². The highest BCUT2D eigenvalue weighted by Crippen LogP contribution is 2.10. The number of hydrogen-bond acceptors (Lipinski definition) is 2. The molecule has 0 fully saturated rings. The summed E-state index contributed by atoms with van der Waals surface area (Å²) in [5.74, 6) is -0.414. The van der Waals surface area contributed by atoms with E-state index in [1.54, 1.807) is 24.3 Å². The number of carbonyl (C=O) groups is 2. The third-order valence-electron chi connectivity index (χ3n) is 2.91. The van der Waals surface area contributed by atoms with Crippen molar-refractivity contribution >= 4 is 11.9 Å². The van der Waals surface area contributed by atoms with Crippen molar-refractivity contribution in [2.45, 2.75) is 13.0 Å². The highest BCUT2D eigenvalue weighted by Gasteiger charge is 2.12. The number of carbonyl (C=O) groups excluding carboxylic acids is 2. The summed E-state index contributed by atoms with van der Waals surface area (Å²) in [7, 11) is 0. The Bertz CT molecular complexity index is 582. The van der Waals surface area contributed by atoms with Gasteiger partial charge < -0.3 is 5.32 Å². The lowest BCUT2D eigenvalue weighted by Gasteiger charge is -2.14. The number of amides is 3. The maximum absolute atomic E-state index is 11.8. The Morgan fingerprint density at radius 2 is 1.45 bits per heavy atom. The van der Waals surface area contributed by atoms with Gasteiger partial charge in [-0.1, -0.05) is 48.5 Å². The third kappa shape index (κ3) is 3.68. The van der Waals surface area contributed by atoms with E-state index in [4.69, 9.17) is 0 Å². The maximum atomic E-state index is 11.8. The summed E-state index contributed by atoms with van der Waals surface area (Å²) in [5, 5.41) is 5.03. The van der Waals surface area contributed by atoms with Crippen LogP contribution in [0.3, 0.4) is 0 Å². The molecule has 3 amide bonds. The Morgan fingerprint density at radius 1 is 0.900 bits per heavy atom. The molecule has 2 rings (SSSR count). The van der Waals surface area contributed by atoms with Gasteiger partial charge in [0.2, 0.25) is 0 Å². The minimum atomic E-state index is -0.504. The topological polar surface area (TPSA) is 58.2 Å². The second-order valence-electron chi connectivity index (χ2n) is 4.43. The molecule has 102 valence electrons. The van der Waals surface area contributed by atoms with E-state index in [0.717, 1.165) is 5.56 Å². The smallest absolute Gasteiger partial charge is 0.322 e. The largest absolute Gasteiger partial charge is 0.331 e. The molecule has 2 aromatic carbocycles. The van der Waals surface area contributed by atoms with E-state index in [1.165, 1.54) is 0 Å². The summed E-state index contributed by atoms with van der Waals surface area (Å²) >= 11 is 0. The second kappa shape index (κ2) is 6.52. The fourth-order valence-electron chi connectivity index (χ4n) is 1.82. The molecule has 0 saturated carbocycles. The van der Waals surface area contributed by atoms with Crippen LogP contribution < -0.4 is 10.6 Å². The first-order chi connectivity index (χ1) is 9.66. The van der Waals surface area contributed by atoms with Gasteiger partial charge >= 0.3 is 6.03 Å². The Balaban J connectivity index is 1.91. The molecule has 0 heterocycles. The highest BCUT2D eigenvalue weighted by atomic mass is 16.2. The van der Waals surface area contributed by atoms with Crippen molar-refractivity contribution in [3.63, 3.8) is 0 Å². The molecular weight excluding hydrogens is 252 g/mol. The van der Waals surface area contributed by atoms with Crippen molar-refractivity contribution in [3.05, 3.63) is 71.8 Å². The lowest BCUT2D eigenvalue weighted by molar-refractivity contribution is 0.0963. The summed E-state index contributed by atoms with van der Waals surface area (Å²) in [6, 6.07) is 17.5. The van der Waals surface area contributed by atoms with Crippen molar-refractivity contribution in [2.24, 2.45) is 0 Å². The van der Waals surface area contributed by atoms with E-state index in [0.29, 0.717) is 5.56 Å². The van der Waals surface area contributed by atoms with Crippen LogP contribution in [0, 0.1) is 0 Å². The predicted molar refractivity (Wildman–Crippen MR) is 77.3 cm³/mol. The molecule has 0 bridgehead atoms. The van der Waals surface area contributed by atoms with Gasteiger partial charge in [0.15, 0.2) is 0 Å². The number of nitrogens with one attached hydrogen (secondary N) is 2. The molecule has 2 N–H and O–H groups in total. The van der Waals surface area contributed by atoms with Gasteiger partial charge in [-0.3, -0.25) is 10.1 Å². The number of rotatable bonds is 3. The molecule has 0 saturated heterocycles. The van der Waals surface area contributed by atoms with Gasteiger partial charge in [0.05, 0.1) is 6.04 Å². The van der Waals surface area contributed by atoms with Gasteiger partial charge in [0.1, 0.15) is 0 Å². The number of urea groups is 1. The monoisotopic (exact) mass is 268 g/mol. The van der Waals surface area contributed by atoms with E-state index < -0.39 is 11.9 Å². The Kier molecular flexibility index (Phi) is 4.50. The zero-order valence-electron chi connectivity index (χ0n) is 11.2. The molecule has 20 heavy (non-hydrogen) atoms. The molecule has 0 unspecified atom stereocenters. The van der Waals surface area contributed by atoms with Gasteiger partial charge in [-0.25, -0.2) is 4.79 Å². The van der Waals surface area contributed by atoms with Crippen LogP contribution in [0.1, 0.15) is 28.9 Å². The molecule has 0 aliphatic carbocycles. The van der Waals surface area contributed by atoms with Crippen LogP contribution in [0.4, 0.5) is 4.79 Å². The lowest BCUT2D eigenvalue weighted by atomic mass is 10.1. The predicted octanol–water partition coefficient (Wildman–Crippen LogP) is 2.89. The highest BCUT2D eigenvalue weighted by molar-refractivity contribution is 6.04. The van der Waals surface area contributed by atoms with Crippen molar-refractivity contribution in [1.82, 2.24) is 10.6 Å². The van der Waals surface area contributed by atoms with E-state index in [1.807, 2.05) is 43.3 Å². The van der Waals surface area contributed by atoms with Gasteiger partial charge in [-0.2, -0.15) is 0 Å². The van der Waals surface area contributed by atoms with E-state index >= 15 is 0 Å². The standard InChI is InChI=1S/C16H16N2O2/c1-12(13-8-4-2-5-9-13)17-16(20)18-15(19)14-10-6-3-7-11-14/h2-12H,1H3,(H2,17,18,19,20)/t12-/m1/s1. The van der Waals surface area contributed by atoms with Crippen LogP contribution >= 0.6 is 0 Å². The number of hydrogen-bond donors (Lipinski definition) is 2. The Hall–Kier alpha value is -2.62. The van der Waals surface area contributed by atoms with Crippen LogP contribution in [0.2, 0.25) is 0 Å². The van der Waals surface area contributed by atoms with Gasteiger partial charge in [-0.15, -0.1) is 0 Å². The summed E-state index contributed by atoms with van der Waals surface area (Å²) < 4.78 is 0. The molecule has 0 radical (unpaired) electrons. The van der Waals surface area contributed by atoms with Crippen LogP contribution in [-0.4, -0.2) is 11.9 Å². The minimum Gasteiger partial charge on any atom is -0.331 e. The first-order valence-corrected chi connectivity index (χ1v) is 6.38. The maximum Gasteiger partial charge on any atom is 0.322 e. The third-order valence-corrected chi connectivity index (χ3v) is 2.91. The molecule has 0 aliphatic heterocycles. The summed E-state index contributed by atoms with van der Waals surface area (Å²) in [4.78, 5) is 23.6. The Morgan fingerprint density at radius 3 is 2.05 bits per heavy atom. The number of imide groups is 1. The Labute approximate surface area is 117 Å². The van der Waals surface area contributed by atoms with Crippen LogP contribution in [-0.2, 0) is 0 Å². The van der Waals surface area contributed by atoms with E-state index in [9.17, 15) is 9.59 Å². The fourth-order valence-corrected chi connectivity index (χ4v) is 1.82. The quantitative estimate of drug-likeness (QED) is 0.899. The zero-order valence-corrected chi connectivity index (χ0v) is 11.2. The molecule has 0 aliphatic rings. The normalized spacial score (nSPS) is 11.4. The van der Waals surface area contributed by atoms with Crippen LogP contribution in [0.25, 0.3) is 0 Å². The molecule has 1 atom stereocenters. The molecular formula is C16H16N2O2. The van der Waals surface area contributed by atoms with E-state index in [-0.39, 0.29) is 6.04 Å². The summed E-state index contributed by atoms with van der Waals surface area (Å²) in [6.07, 6.45) is 0. The van der Waals surface area contributed by atoms with Crippen molar-refractivity contribution in [2.75, 3.05) is 0 Å². The average molecular weight is 268 g/mol. The molecule has 0 spiro atoms. The summed E-state index contributed by atoms with van der Waals surface area (Å²) in [5.41, 5.74) is 1.44.